The van der Waals surface area contributed by atoms with Gasteiger partial charge in [0, 0.05) is 33.5 Å². The van der Waals surface area contributed by atoms with Crippen molar-refractivity contribution in [1.82, 2.24) is 9.55 Å². The van der Waals surface area contributed by atoms with Crippen LogP contribution in [0.5, 0.6) is 11.5 Å². The van der Waals surface area contributed by atoms with Crippen molar-refractivity contribution in [3.05, 3.63) is 52.8 Å². The van der Waals surface area contributed by atoms with Crippen LogP contribution in [0.1, 0.15) is 18.4 Å². The molecule has 0 aliphatic carbocycles. The number of pyridine rings is 1. The number of fused-ring (bicyclic) bond motifs is 1. The van der Waals surface area contributed by atoms with Crippen LogP contribution < -0.4 is 4.74 Å². The predicted molar refractivity (Wildman–Crippen MR) is 144 cm³/mol. The summed E-state index contributed by atoms with van der Waals surface area (Å²) in [5.41, 5.74) is 0.832. The molecule has 0 radical (unpaired) electrons. The van der Waals surface area contributed by atoms with Crippen LogP contribution in [-0.4, -0.2) is 52.0 Å². The Morgan fingerprint density at radius 3 is 2.58 bits per heavy atom. The van der Waals surface area contributed by atoms with Gasteiger partial charge in [-0.3, -0.25) is 0 Å². The minimum atomic E-state index is -1.22. The fraction of sp³-hybridized carbons (Fsp3) is 0.440. The molecule has 6 nitrogen and oxygen atoms in total. The number of nitrogens with zero attached hydrogens (tertiary/aromatic N) is 2. The summed E-state index contributed by atoms with van der Waals surface area (Å²) in [6.45, 7) is 7.32. The van der Waals surface area contributed by atoms with Crippen LogP contribution in [-0.2, 0) is 17.9 Å². The van der Waals surface area contributed by atoms with E-state index in [1.807, 2.05) is 0 Å². The second-order valence-corrected chi connectivity index (χ2v) is 16.5. The van der Waals surface area contributed by atoms with Crippen LogP contribution in [0.15, 0.2) is 30.6 Å². The number of rotatable bonds is 13. The number of aliphatic hydroxyl groups is 2. The molecule has 0 aliphatic rings. The molecule has 0 amide bonds. The van der Waals surface area contributed by atoms with Crippen molar-refractivity contribution >= 4 is 47.8 Å². The van der Waals surface area contributed by atoms with Crippen molar-refractivity contribution in [3.63, 3.8) is 0 Å². The molecule has 0 saturated heterocycles. The number of thiocarbonyl (C=S) groups is 1. The molecule has 1 atom stereocenters. The van der Waals surface area contributed by atoms with Gasteiger partial charge >= 0.3 is 0 Å². The van der Waals surface area contributed by atoms with Gasteiger partial charge in [0.05, 0.1) is 23.1 Å². The lowest BCUT2D eigenvalue weighted by atomic mass is 10.0. The molecule has 1 aromatic carbocycles. The second-order valence-electron chi connectivity index (χ2n) is 9.88. The molecule has 0 bridgehead atoms. The minimum absolute atomic E-state index is 0.160. The first-order valence-corrected chi connectivity index (χ1v) is 16.2. The average Bonchev–Trinajstić information content (AvgIpc) is 3.13. The Labute approximate surface area is 220 Å². The highest BCUT2D eigenvalue weighted by Gasteiger charge is 2.20. The third kappa shape index (κ3) is 7.77. The molecular weight excluding hydrogens is 526 g/mol. The zero-order valence-corrected chi connectivity index (χ0v) is 23.1. The number of aliphatic hydroxyl groups excluding tert-OH is 2. The first-order valence-electron chi connectivity index (χ1n) is 11.7. The van der Waals surface area contributed by atoms with E-state index in [1.165, 1.54) is 24.4 Å². The van der Waals surface area contributed by atoms with Crippen molar-refractivity contribution in [1.29, 1.82) is 0 Å². The summed E-state index contributed by atoms with van der Waals surface area (Å²) in [4.78, 5) is 4.87. The molecule has 1 unspecified atom stereocenters. The summed E-state index contributed by atoms with van der Waals surface area (Å²) in [6.07, 6.45) is 3.06. The summed E-state index contributed by atoms with van der Waals surface area (Å²) in [7, 11) is -1.22. The highest BCUT2D eigenvalue weighted by Crippen LogP contribution is 2.37. The summed E-state index contributed by atoms with van der Waals surface area (Å²) in [5, 5.41) is 19.1. The summed E-state index contributed by atoms with van der Waals surface area (Å²) in [6, 6.07) is 4.86. The van der Waals surface area contributed by atoms with Crippen LogP contribution >= 0.6 is 23.8 Å². The van der Waals surface area contributed by atoms with Crippen LogP contribution in [0.3, 0.4) is 0 Å². The largest absolute Gasteiger partial charge is 0.450 e. The molecule has 0 spiro atoms. The Morgan fingerprint density at radius 1 is 1.25 bits per heavy atom. The molecule has 11 heteroatoms. The van der Waals surface area contributed by atoms with E-state index in [0.29, 0.717) is 39.5 Å². The highest BCUT2D eigenvalue weighted by molar-refractivity contribution is 7.80. The van der Waals surface area contributed by atoms with E-state index in [2.05, 4.69) is 24.6 Å². The Hall–Kier alpha value is -1.95. The van der Waals surface area contributed by atoms with Gasteiger partial charge in [0.1, 0.15) is 18.1 Å². The summed E-state index contributed by atoms with van der Waals surface area (Å²) >= 11 is 11.7. The molecule has 0 saturated carbocycles. The number of hydrogen-bond donors (Lipinski definition) is 2. The van der Waals surface area contributed by atoms with E-state index in [9.17, 15) is 13.9 Å². The van der Waals surface area contributed by atoms with Crippen LogP contribution in [0.2, 0.25) is 30.7 Å². The maximum absolute atomic E-state index is 14.9. The number of hydrogen-bond acceptors (Lipinski definition) is 6. The SMILES string of the molecule is C[Si](C)(C)CCOCn1cc(Cl)c2c(Oc3c(F)cc(CC(=S)CCC(O)CO)cc3F)ccnc21. The van der Waals surface area contributed by atoms with Gasteiger partial charge in [-0.1, -0.05) is 43.5 Å². The zero-order valence-electron chi connectivity index (χ0n) is 20.6. The van der Waals surface area contributed by atoms with E-state index in [1.54, 1.807) is 10.8 Å². The van der Waals surface area contributed by atoms with E-state index < -0.39 is 31.6 Å². The third-order valence-corrected chi connectivity index (χ3v) is 7.88. The Bertz CT molecular complexity index is 1200. The van der Waals surface area contributed by atoms with Crippen molar-refractivity contribution < 1.29 is 28.5 Å². The summed E-state index contributed by atoms with van der Waals surface area (Å²) in [5.74, 6) is -2.13. The normalized spacial score (nSPS) is 12.8. The lowest BCUT2D eigenvalue weighted by Crippen LogP contribution is -2.22. The number of aromatic nitrogens is 2. The summed E-state index contributed by atoms with van der Waals surface area (Å²) < 4.78 is 42.9. The van der Waals surface area contributed by atoms with Crippen molar-refractivity contribution in [2.24, 2.45) is 0 Å². The standard InChI is InChI=1S/C25H31ClF2N2O4SSi/c1-36(2,3)9-8-33-15-30-13-19(26)23-22(6-7-29-25(23)30)34-24-20(27)11-16(12-21(24)28)10-18(35)5-4-17(32)14-31/h6-7,11-13,17,31-32H,4-5,8-10,14-15H2,1-3H3. The van der Waals surface area contributed by atoms with Gasteiger partial charge in [-0.05, 0) is 47.5 Å². The van der Waals surface area contributed by atoms with Gasteiger partial charge in [-0.2, -0.15) is 0 Å². The van der Waals surface area contributed by atoms with E-state index >= 15 is 0 Å². The predicted octanol–water partition coefficient (Wildman–Crippen LogP) is 6.12. The van der Waals surface area contributed by atoms with Gasteiger partial charge in [-0.25, -0.2) is 13.8 Å². The maximum Gasteiger partial charge on any atom is 0.198 e. The van der Waals surface area contributed by atoms with Crippen molar-refractivity contribution in [2.75, 3.05) is 13.2 Å². The lowest BCUT2D eigenvalue weighted by molar-refractivity contribution is 0.0899. The molecule has 3 aromatic rings. The van der Waals surface area contributed by atoms with Gasteiger partial charge in [0.2, 0.25) is 0 Å². The minimum Gasteiger partial charge on any atom is -0.450 e. The van der Waals surface area contributed by atoms with E-state index in [0.717, 1.165) is 6.04 Å². The fourth-order valence-corrected chi connectivity index (χ4v) is 4.86. The van der Waals surface area contributed by atoms with Crippen molar-refractivity contribution in [2.45, 2.75) is 57.8 Å². The molecule has 0 fully saturated rings. The fourth-order valence-electron chi connectivity index (χ4n) is 3.52. The van der Waals surface area contributed by atoms with E-state index in [4.69, 9.17) is 38.4 Å². The van der Waals surface area contributed by atoms with Gasteiger partial charge in [0.25, 0.3) is 0 Å². The Morgan fingerprint density at radius 2 is 1.94 bits per heavy atom. The monoisotopic (exact) mass is 556 g/mol. The third-order valence-electron chi connectivity index (χ3n) is 5.54. The molecule has 2 N–H and O–H groups in total. The van der Waals surface area contributed by atoms with E-state index in [-0.39, 0.29) is 31.9 Å². The molecule has 0 aliphatic heterocycles. The zero-order chi connectivity index (χ0) is 26.5. The highest BCUT2D eigenvalue weighted by atomic mass is 35.5. The molecule has 2 aromatic heterocycles. The van der Waals surface area contributed by atoms with Crippen LogP contribution in [0.4, 0.5) is 8.78 Å². The van der Waals surface area contributed by atoms with Gasteiger partial charge in [0.15, 0.2) is 17.4 Å². The molecular formula is C25H31ClF2N2O4SSi. The molecule has 36 heavy (non-hydrogen) atoms. The quantitative estimate of drug-likeness (QED) is 0.150. The number of benzene rings is 1. The van der Waals surface area contributed by atoms with Crippen molar-refractivity contribution in [3.8, 4) is 11.5 Å². The number of ether oxygens (including phenoxy) is 2. The second kappa shape index (κ2) is 12.5. The molecule has 2 heterocycles. The van der Waals surface area contributed by atoms with Crippen LogP contribution in [0.25, 0.3) is 11.0 Å². The smallest absolute Gasteiger partial charge is 0.198 e. The average molecular weight is 557 g/mol. The number of halogens is 3. The first kappa shape index (κ1) is 28.6. The topological polar surface area (TPSA) is 76.7 Å². The van der Waals surface area contributed by atoms with Crippen LogP contribution in [0, 0.1) is 11.6 Å². The Balaban J connectivity index is 1.76. The van der Waals surface area contributed by atoms with Gasteiger partial charge < -0.3 is 24.3 Å². The Kier molecular flexibility index (Phi) is 9.96. The van der Waals surface area contributed by atoms with Gasteiger partial charge in [-0.15, -0.1) is 0 Å². The lowest BCUT2D eigenvalue weighted by Gasteiger charge is -2.15. The maximum atomic E-state index is 14.9. The molecule has 196 valence electrons. The molecule has 3 rings (SSSR count). The first-order chi connectivity index (χ1) is 17.0.